The van der Waals surface area contributed by atoms with Crippen LogP contribution in [0.5, 0.6) is 0 Å². The molecule has 116 valence electrons. The van der Waals surface area contributed by atoms with E-state index in [-0.39, 0.29) is 5.84 Å². The quantitative estimate of drug-likeness (QED) is 0.555. The third-order valence-electron chi connectivity index (χ3n) is 3.75. The third-order valence-corrected chi connectivity index (χ3v) is 3.75. The molecule has 5 heteroatoms. The van der Waals surface area contributed by atoms with Crippen LogP contribution in [0.3, 0.4) is 0 Å². The fourth-order valence-electron chi connectivity index (χ4n) is 2.70. The molecule has 1 fully saturated rings. The Morgan fingerprint density at radius 3 is 2.14 bits per heavy atom. The van der Waals surface area contributed by atoms with E-state index in [0.29, 0.717) is 0 Å². The molecule has 1 aromatic carbocycles. The first-order valence-corrected chi connectivity index (χ1v) is 7.44. The van der Waals surface area contributed by atoms with Crippen LogP contribution < -0.4 is 5.73 Å². The Hall–Kier alpha value is -1.43. The summed E-state index contributed by atoms with van der Waals surface area (Å²) < 4.78 is 0. The summed E-state index contributed by atoms with van der Waals surface area (Å²) in [5, 5.41) is 17.3. The number of β-amino-alcohol motifs (C(OH)–C–C–N with tert-alkyl or cyclic N) is 1. The minimum Gasteiger partial charge on any atom is -0.389 e. The molecule has 21 heavy (non-hydrogen) atoms. The molecule has 0 radical (unpaired) electrons. The van der Waals surface area contributed by atoms with Crippen LogP contribution in [-0.2, 0) is 6.54 Å². The first-order valence-electron chi connectivity index (χ1n) is 7.44. The molecular formula is C16H26N4O. The van der Waals surface area contributed by atoms with Crippen LogP contribution in [0, 0.1) is 5.41 Å². The van der Waals surface area contributed by atoms with Gasteiger partial charge in [-0.15, -0.1) is 0 Å². The SMILES string of the molecule is CC(C)(O)CN1CCN(Cc2ccc(C(=N)N)cc2)CC1. The van der Waals surface area contributed by atoms with Gasteiger partial charge in [-0.2, -0.15) is 0 Å². The number of aliphatic hydroxyl groups is 1. The minimum atomic E-state index is -0.620. The molecule has 0 saturated carbocycles. The highest BCUT2D eigenvalue weighted by Crippen LogP contribution is 2.12. The maximum Gasteiger partial charge on any atom is 0.122 e. The average molecular weight is 290 g/mol. The van der Waals surface area contributed by atoms with Crippen molar-refractivity contribution in [2.24, 2.45) is 5.73 Å². The Bertz CT molecular complexity index is 470. The standard InChI is InChI=1S/C16H26N4O/c1-16(2,21)12-20-9-7-19(8-10-20)11-13-3-5-14(6-4-13)15(17)18/h3-6,21H,7-12H2,1-2H3,(H3,17,18). The zero-order valence-corrected chi connectivity index (χ0v) is 13.0. The van der Waals surface area contributed by atoms with Crippen molar-refractivity contribution in [3.8, 4) is 0 Å². The molecule has 2 rings (SSSR count). The number of amidine groups is 1. The lowest BCUT2D eigenvalue weighted by Gasteiger charge is -2.37. The Morgan fingerprint density at radius 2 is 1.67 bits per heavy atom. The molecule has 1 heterocycles. The number of nitrogen functional groups attached to an aromatic ring is 1. The second-order valence-corrected chi connectivity index (χ2v) is 6.48. The third kappa shape index (κ3) is 5.12. The van der Waals surface area contributed by atoms with Crippen molar-refractivity contribution in [3.63, 3.8) is 0 Å². The van der Waals surface area contributed by atoms with E-state index < -0.39 is 5.60 Å². The van der Waals surface area contributed by atoms with E-state index in [0.717, 1.165) is 44.8 Å². The largest absolute Gasteiger partial charge is 0.389 e. The Balaban J connectivity index is 1.82. The Morgan fingerprint density at radius 1 is 1.14 bits per heavy atom. The van der Waals surface area contributed by atoms with Gasteiger partial charge in [0.05, 0.1) is 5.60 Å². The monoisotopic (exact) mass is 290 g/mol. The first-order chi connectivity index (χ1) is 9.83. The Kier molecular flexibility index (Phi) is 4.98. The molecule has 0 unspecified atom stereocenters. The summed E-state index contributed by atoms with van der Waals surface area (Å²) in [5.41, 5.74) is 6.86. The number of benzene rings is 1. The van der Waals surface area contributed by atoms with Crippen molar-refractivity contribution in [3.05, 3.63) is 35.4 Å². The van der Waals surface area contributed by atoms with Gasteiger partial charge in [0.2, 0.25) is 0 Å². The van der Waals surface area contributed by atoms with Crippen molar-refractivity contribution in [1.82, 2.24) is 9.80 Å². The van der Waals surface area contributed by atoms with E-state index >= 15 is 0 Å². The van der Waals surface area contributed by atoms with Gasteiger partial charge in [0, 0.05) is 44.8 Å². The van der Waals surface area contributed by atoms with Crippen LogP contribution in [0.4, 0.5) is 0 Å². The maximum atomic E-state index is 9.86. The highest BCUT2D eigenvalue weighted by molar-refractivity contribution is 5.94. The lowest BCUT2D eigenvalue weighted by molar-refractivity contribution is 0.0167. The normalized spacial score (nSPS) is 17.9. The summed E-state index contributed by atoms with van der Waals surface area (Å²) in [5.74, 6) is 0.113. The summed E-state index contributed by atoms with van der Waals surface area (Å²) in [7, 11) is 0. The molecule has 1 saturated heterocycles. The van der Waals surface area contributed by atoms with E-state index in [9.17, 15) is 5.11 Å². The molecule has 0 atom stereocenters. The van der Waals surface area contributed by atoms with Gasteiger partial charge < -0.3 is 10.8 Å². The van der Waals surface area contributed by atoms with Crippen LogP contribution >= 0.6 is 0 Å². The van der Waals surface area contributed by atoms with E-state index in [1.165, 1.54) is 5.56 Å². The number of nitrogens with zero attached hydrogens (tertiary/aromatic N) is 2. The van der Waals surface area contributed by atoms with Crippen molar-refractivity contribution < 1.29 is 5.11 Å². The van der Waals surface area contributed by atoms with Crippen molar-refractivity contribution >= 4 is 5.84 Å². The van der Waals surface area contributed by atoms with Crippen molar-refractivity contribution in [1.29, 1.82) is 5.41 Å². The van der Waals surface area contributed by atoms with E-state index in [1.54, 1.807) is 0 Å². The Labute approximate surface area is 126 Å². The van der Waals surface area contributed by atoms with Crippen LogP contribution in [0.1, 0.15) is 25.0 Å². The molecule has 0 bridgehead atoms. The van der Waals surface area contributed by atoms with Gasteiger partial charge in [-0.1, -0.05) is 24.3 Å². The number of hydrogen-bond donors (Lipinski definition) is 3. The zero-order chi connectivity index (χ0) is 15.5. The van der Waals surface area contributed by atoms with Gasteiger partial charge in [-0.05, 0) is 19.4 Å². The molecule has 1 aromatic rings. The van der Waals surface area contributed by atoms with Gasteiger partial charge in [0.25, 0.3) is 0 Å². The number of piperazine rings is 1. The van der Waals surface area contributed by atoms with Gasteiger partial charge in [0.15, 0.2) is 0 Å². The van der Waals surface area contributed by atoms with Gasteiger partial charge in [0.1, 0.15) is 5.84 Å². The zero-order valence-electron chi connectivity index (χ0n) is 13.0. The molecule has 0 spiro atoms. The van der Waals surface area contributed by atoms with Gasteiger partial charge in [-0.3, -0.25) is 15.2 Å². The predicted octanol–water partition coefficient (Wildman–Crippen LogP) is 0.859. The van der Waals surface area contributed by atoms with Crippen molar-refractivity contribution in [2.75, 3.05) is 32.7 Å². The highest BCUT2D eigenvalue weighted by atomic mass is 16.3. The molecule has 5 nitrogen and oxygen atoms in total. The van der Waals surface area contributed by atoms with Gasteiger partial charge in [-0.25, -0.2) is 0 Å². The predicted molar refractivity (Wildman–Crippen MR) is 85.5 cm³/mol. The lowest BCUT2D eigenvalue weighted by atomic mass is 10.1. The van der Waals surface area contributed by atoms with E-state index in [2.05, 4.69) is 9.80 Å². The van der Waals surface area contributed by atoms with Crippen molar-refractivity contribution in [2.45, 2.75) is 26.0 Å². The number of nitrogens with one attached hydrogen (secondary N) is 1. The topological polar surface area (TPSA) is 76.6 Å². The number of hydrogen-bond acceptors (Lipinski definition) is 4. The van der Waals surface area contributed by atoms with Crippen LogP contribution in [0.2, 0.25) is 0 Å². The number of rotatable bonds is 5. The summed E-state index contributed by atoms with van der Waals surface area (Å²) in [4.78, 5) is 4.74. The molecule has 0 aromatic heterocycles. The molecule has 4 N–H and O–H groups in total. The fourth-order valence-corrected chi connectivity index (χ4v) is 2.70. The maximum absolute atomic E-state index is 9.86. The molecule has 0 aliphatic carbocycles. The summed E-state index contributed by atoms with van der Waals surface area (Å²) in [6.45, 7) is 9.40. The summed E-state index contributed by atoms with van der Waals surface area (Å²) >= 11 is 0. The van der Waals surface area contributed by atoms with Crippen LogP contribution in [-0.4, -0.2) is 59.1 Å². The van der Waals surface area contributed by atoms with E-state index in [1.807, 2.05) is 38.1 Å². The number of nitrogens with two attached hydrogens (primary N) is 1. The lowest BCUT2D eigenvalue weighted by Crippen LogP contribution is -2.50. The summed E-state index contributed by atoms with van der Waals surface area (Å²) in [6, 6.07) is 7.89. The van der Waals surface area contributed by atoms with E-state index in [4.69, 9.17) is 11.1 Å². The first kappa shape index (κ1) is 15.9. The molecule has 0 amide bonds. The summed E-state index contributed by atoms with van der Waals surface area (Å²) in [6.07, 6.45) is 0. The molecule has 1 aliphatic rings. The highest BCUT2D eigenvalue weighted by Gasteiger charge is 2.22. The molecular weight excluding hydrogens is 264 g/mol. The second kappa shape index (κ2) is 6.56. The van der Waals surface area contributed by atoms with Crippen LogP contribution in [0.25, 0.3) is 0 Å². The smallest absolute Gasteiger partial charge is 0.122 e. The second-order valence-electron chi connectivity index (χ2n) is 6.48. The van der Waals surface area contributed by atoms with Gasteiger partial charge >= 0.3 is 0 Å². The minimum absolute atomic E-state index is 0.113. The molecule has 1 aliphatic heterocycles. The average Bonchev–Trinajstić information content (AvgIpc) is 2.40. The fraction of sp³-hybridized carbons (Fsp3) is 0.562. The van der Waals surface area contributed by atoms with Crippen LogP contribution in [0.15, 0.2) is 24.3 Å².